The predicted molar refractivity (Wildman–Crippen MR) is 51.2 cm³/mol. The van der Waals surface area contributed by atoms with Crippen LogP contribution in [0.25, 0.3) is 0 Å². The Morgan fingerprint density at radius 2 is 1.73 bits per heavy atom. The summed E-state index contributed by atoms with van der Waals surface area (Å²) in [5.41, 5.74) is 2.64. The molecule has 11 heavy (non-hydrogen) atoms. The van der Waals surface area contributed by atoms with E-state index in [2.05, 4.69) is 19.9 Å². The Kier molecular flexibility index (Phi) is 5.44. The third-order valence-electron chi connectivity index (χ3n) is 1.81. The lowest BCUT2D eigenvalue weighted by atomic mass is 10.0. The molecule has 0 aliphatic carbocycles. The number of rotatable bonds is 4. The Labute approximate surface area is 69.3 Å². The highest BCUT2D eigenvalue weighted by Crippen LogP contribution is 2.15. The summed E-state index contributed by atoms with van der Waals surface area (Å²) in [6, 6.07) is 0. The molecule has 0 aliphatic heterocycles. The van der Waals surface area contributed by atoms with Crippen molar-refractivity contribution in [3.63, 3.8) is 0 Å². The van der Waals surface area contributed by atoms with E-state index in [4.69, 9.17) is 5.41 Å². The van der Waals surface area contributed by atoms with Crippen LogP contribution in [0.1, 0.15) is 33.6 Å². The maximum atomic E-state index is 6.95. The van der Waals surface area contributed by atoms with E-state index in [0.717, 1.165) is 12.8 Å². The molecule has 1 N–H and O–H groups in total. The standard InChI is InChI=1S/C10H17N/c1-4-9(5-2)10(6-3)7-8-11/h4,7-8,11H,5-6H2,1-3H3/b9-4-,10-7+,11-8?. The maximum Gasteiger partial charge on any atom is 0.0180 e. The van der Waals surface area contributed by atoms with Gasteiger partial charge in [0.25, 0.3) is 0 Å². The van der Waals surface area contributed by atoms with Crippen LogP contribution in [0.3, 0.4) is 0 Å². The summed E-state index contributed by atoms with van der Waals surface area (Å²) in [4.78, 5) is 0. The highest BCUT2D eigenvalue weighted by molar-refractivity contribution is 5.70. The molecule has 0 fully saturated rings. The zero-order valence-corrected chi connectivity index (χ0v) is 7.65. The van der Waals surface area contributed by atoms with E-state index in [0.29, 0.717) is 0 Å². The first-order valence-corrected chi connectivity index (χ1v) is 4.15. The molecule has 0 unspecified atom stereocenters. The molecule has 0 spiro atoms. The molecule has 0 aromatic heterocycles. The molecule has 0 aliphatic rings. The van der Waals surface area contributed by atoms with Crippen LogP contribution in [0.5, 0.6) is 0 Å². The van der Waals surface area contributed by atoms with Crippen LogP contribution in [0.2, 0.25) is 0 Å². The third-order valence-corrected chi connectivity index (χ3v) is 1.81. The summed E-state index contributed by atoms with van der Waals surface area (Å²) >= 11 is 0. The lowest BCUT2D eigenvalue weighted by molar-refractivity contribution is 1.02. The normalized spacial score (nSPS) is 13.4. The van der Waals surface area contributed by atoms with Crippen molar-refractivity contribution < 1.29 is 0 Å². The van der Waals surface area contributed by atoms with E-state index in [1.165, 1.54) is 17.4 Å². The summed E-state index contributed by atoms with van der Waals surface area (Å²) in [7, 11) is 0. The van der Waals surface area contributed by atoms with E-state index < -0.39 is 0 Å². The van der Waals surface area contributed by atoms with Crippen LogP contribution in [0.15, 0.2) is 23.3 Å². The summed E-state index contributed by atoms with van der Waals surface area (Å²) in [6.07, 6.45) is 7.43. The van der Waals surface area contributed by atoms with E-state index in [1.54, 1.807) is 0 Å². The second-order valence-corrected chi connectivity index (χ2v) is 2.38. The van der Waals surface area contributed by atoms with E-state index in [1.807, 2.05) is 13.0 Å². The molecule has 0 aromatic rings. The van der Waals surface area contributed by atoms with Gasteiger partial charge >= 0.3 is 0 Å². The van der Waals surface area contributed by atoms with Crippen LogP contribution < -0.4 is 0 Å². The molecule has 62 valence electrons. The molecule has 0 bridgehead atoms. The van der Waals surface area contributed by atoms with Gasteiger partial charge in [-0.05, 0) is 37.0 Å². The van der Waals surface area contributed by atoms with Gasteiger partial charge in [-0.1, -0.05) is 19.9 Å². The number of allylic oxidation sites excluding steroid dienone is 4. The van der Waals surface area contributed by atoms with Gasteiger partial charge in [0.15, 0.2) is 0 Å². The quantitative estimate of drug-likeness (QED) is 0.470. The number of nitrogens with one attached hydrogen (secondary N) is 1. The van der Waals surface area contributed by atoms with E-state index in [-0.39, 0.29) is 0 Å². The summed E-state index contributed by atoms with van der Waals surface area (Å²) in [6.45, 7) is 6.31. The average molecular weight is 151 g/mol. The minimum absolute atomic E-state index is 1.02. The molecule has 1 nitrogen and oxygen atoms in total. The Morgan fingerprint density at radius 3 is 2.00 bits per heavy atom. The van der Waals surface area contributed by atoms with Gasteiger partial charge in [-0.2, -0.15) is 0 Å². The van der Waals surface area contributed by atoms with Gasteiger partial charge in [-0.25, -0.2) is 0 Å². The second kappa shape index (κ2) is 5.90. The Hall–Kier alpha value is -0.850. The monoisotopic (exact) mass is 151 g/mol. The van der Waals surface area contributed by atoms with Crippen LogP contribution in [-0.2, 0) is 0 Å². The molecule has 0 saturated carbocycles. The van der Waals surface area contributed by atoms with Gasteiger partial charge in [-0.3, -0.25) is 0 Å². The zero-order valence-electron chi connectivity index (χ0n) is 7.65. The first-order chi connectivity index (χ1) is 5.29. The number of hydrogen-bond acceptors (Lipinski definition) is 1. The van der Waals surface area contributed by atoms with Crippen molar-refractivity contribution in [1.82, 2.24) is 0 Å². The molecular formula is C10H17N. The minimum Gasteiger partial charge on any atom is -0.309 e. The highest BCUT2D eigenvalue weighted by Gasteiger charge is 1.97. The van der Waals surface area contributed by atoms with Crippen molar-refractivity contribution in [2.24, 2.45) is 0 Å². The lowest BCUT2D eigenvalue weighted by Gasteiger charge is -2.05. The van der Waals surface area contributed by atoms with E-state index in [9.17, 15) is 0 Å². The average Bonchev–Trinajstić information content (AvgIpc) is 2.05. The van der Waals surface area contributed by atoms with Gasteiger partial charge in [0.05, 0.1) is 0 Å². The first-order valence-electron chi connectivity index (χ1n) is 4.15. The second-order valence-electron chi connectivity index (χ2n) is 2.38. The third kappa shape index (κ3) is 3.17. The van der Waals surface area contributed by atoms with Crippen molar-refractivity contribution in [1.29, 1.82) is 5.41 Å². The van der Waals surface area contributed by atoms with Crippen molar-refractivity contribution in [3.05, 3.63) is 23.3 Å². The summed E-state index contributed by atoms with van der Waals surface area (Å²) in [5, 5.41) is 6.95. The molecular weight excluding hydrogens is 134 g/mol. The summed E-state index contributed by atoms with van der Waals surface area (Å²) < 4.78 is 0. The fraction of sp³-hybridized carbons (Fsp3) is 0.500. The first kappa shape index (κ1) is 10.2. The Bertz CT molecular complexity index is 175. The molecule has 0 rings (SSSR count). The van der Waals surface area contributed by atoms with Crippen LogP contribution >= 0.6 is 0 Å². The summed E-state index contributed by atoms with van der Waals surface area (Å²) in [5.74, 6) is 0. The van der Waals surface area contributed by atoms with Gasteiger partial charge in [-0.15, -0.1) is 0 Å². The minimum atomic E-state index is 1.02. The molecule has 1 heteroatoms. The Morgan fingerprint density at radius 1 is 1.18 bits per heavy atom. The van der Waals surface area contributed by atoms with Crippen molar-refractivity contribution in [2.75, 3.05) is 0 Å². The molecule has 0 heterocycles. The van der Waals surface area contributed by atoms with Crippen molar-refractivity contribution in [3.8, 4) is 0 Å². The predicted octanol–water partition coefficient (Wildman–Crippen LogP) is 3.33. The Balaban J connectivity index is 4.47. The van der Waals surface area contributed by atoms with Gasteiger partial charge in [0, 0.05) is 6.21 Å². The van der Waals surface area contributed by atoms with Crippen LogP contribution in [0, 0.1) is 5.41 Å². The molecule has 0 radical (unpaired) electrons. The van der Waals surface area contributed by atoms with Gasteiger partial charge in [0.1, 0.15) is 0 Å². The van der Waals surface area contributed by atoms with Crippen molar-refractivity contribution >= 4 is 6.21 Å². The lowest BCUT2D eigenvalue weighted by Crippen LogP contribution is -1.87. The topological polar surface area (TPSA) is 23.9 Å². The SMILES string of the molecule is C/C=C(CC)\C(=C\C=N)CC. The molecule has 0 amide bonds. The smallest absolute Gasteiger partial charge is 0.0180 e. The maximum absolute atomic E-state index is 6.95. The fourth-order valence-electron chi connectivity index (χ4n) is 1.17. The zero-order chi connectivity index (χ0) is 8.69. The van der Waals surface area contributed by atoms with Crippen LogP contribution in [-0.4, -0.2) is 6.21 Å². The molecule has 0 atom stereocenters. The van der Waals surface area contributed by atoms with Crippen LogP contribution in [0.4, 0.5) is 0 Å². The fourth-order valence-corrected chi connectivity index (χ4v) is 1.17. The molecule has 0 saturated heterocycles. The van der Waals surface area contributed by atoms with Gasteiger partial charge in [0.2, 0.25) is 0 Å². The largest absolute Gasteiger partial charge is 0.309 e. The van der Waals surface area contributed by atoms with Crippen molar-refractivity contribution in [2.45, 2.75) is 33.6 Å². The van der Waals surface area contributed by atoms with E-state index >= 15 is 0 Å². The highest BCUT2D eigenvalue weighted by atomic mass is 14.3. The molecule has 0 aromatic carbocycles. The number of hydrogen-bond donors (Lipinski definition) is 1. The van der Waals surface area contributed by atoms with Gasteiger partial charge < -0.3 is 5.41 Å².